The van der Waals surface area contributed by atoms with Crippen LogP contribution < -0.4 is 10.7 Å². The number of aryl methyl sites for hydroxylation is 2. The van der Waals surface area contributed by atoms with Crippen LogP contribution in [-0.4, -0.2) is 18.0 Å². The number of carbonyl (C=O) groups is 2. The summed E-state index contributed by atoms with van der Waals surface area (Å²) in [6.07, 6.45) is 1.48. The molecule has 2 amide bonds. The van der Waals surface area contributed by atoms with Crippen molar-refractivity contribution in [2.24, 2.45) is 5.10 Å². The van der Waals surface area contributed by atoms with Crippen molar-refractivity contribution in [3.8, 4) is 0 Å². The fourth-order valence-electron chi connectivity index (χ4n) is 1.90. The van der Waals surface area contributed by atoms with E-state index in [2.05, 4.69) is 38.4 Å². The van der Waals surface area contributed by atoms with Crippen LogP contribution in [0.2, 0.25) is 0 Å². The smallest absolute Gasteiger partial charge is 0.317 e. The van der Waals surface area contributed by atoms with Gasteiger partial charge in [0.1, 0.15) is 0 Å². The van der Waals surface area contributed by atoms with Gasteiger partial charge in [-0.25, -0.2) is 5.43 Å². The monoisotopic (exact) mass is 421 g/mol. The molecular formula is C17H16IN3O2. The number of benzene rings is 2. The van der Waals surface area contributed by atoms with Crippen LogP contribution in [-0.2, 0) is 9.59 Å². The molecule has 2 rings (SSSR count). The molecule has 0 spiro atoms. The lowest BCUT2D eigenvalue weighted by atomic mass is 10.1. The van der Waals surface area contributed by atoms with Gasteiger partial charge < -0.3 is 5.32 Å². The Morgan fingerprint density at radius 2 is 1.74 bits per heavy atom. The minimum atomic E-state index is -0.813. The van der Waals surface area contributed by atoms with E-state index in [-0.39, 0.29) is 0 Å². The van der Waals surface area contributed by atoms with Gasteiger partial charge in [-0.3, -0.25) is 9.59 Å². The normalized spacial score (nSPS) is 10.6. The van der Waals surface area contributed by atoms with Crippen molar-refractivity contribution in [3.63, 3.8) is 0 Å². The summed E-state index contributed by atoms with van der Waals surface area (Å²) in [5.74, 6) is -1.57. The Balaban J connectivity index is 1.92. The molecule has 6 heteroatoms. The van der Waals surface area contributed by atoms with Gasteiger partial charge in [0.15, 0.2) is 0 Å². The van der Waals surface area contributed by atoms with E-state index in [9.17, 15) is 9.59 Å². The van der Waals surface area contributed by atoms with E-state index in [4.69, 9.17) is 0 Å². The van der Waals surface area contributed by atoms with Gasteiger partial charge in [0.05, 0.1) is 6.21 Å². The average Bonchev–Trinajstić information content (AvgIpc) is 2.51. The van der Waals surface area contributed by atoms with E-state index < -0.39 is 11.8 Å². The first kappa shape index (κ1) is 17.1. The molecule has 23 heavy (non-hydrogen) atoms. The molecule has 0 aliphatic heterocycles. The van der Waals surface area contributed by atoms with Crippen molar-refractivity contribution in [1.29, 1.82) is 0 Å². The number of rotatable bonds is 3. The van der Waals surface area contributed by atoms with Crippen LogP contribution in [0.1, 0.15) is 16.7 Å². The highest BCUT2D eigenvalue weighted by atomic mass is 127. The molecule has 0 saturated carbocycles. The van der Waals surface area contributed by atoms with Gasteiger partial charge in [-0.15, -0.1) is 0 Å². The van der Waals surface area contributed by atoms with E-state index in [1.165, 1.54) is 6.21 Å². The molecule has 118 valence electrons. The molecule has 0 radical (unpaired) electrons. The molecule has 0 bridgehead atoms. The summed E-state index contributed by atoms with van der Waals surface area (Å²) in [5, 5.41) is 6.35. The van der Waals surface area contributed by atoms with Crippen molar-refractivity contribution >= 4 is 46.3 Å². The molecule has 0 aliphatic carbocycles. The van der Waals surface area contributed by atoms with Crippen LogP contribution in [0.15, 0.2) is 47.6 Å². The van der Waals surface area contributed by atoms with E-state index in [1.54, 1.807) is 6.07 Å². The molecule has 5 nitrogen and oxygen atoms in total. The van der Waals surface area contributed by atoms with E-state index in [0.717, 1.165) is 20.3 Å². The zero-order valence-electron chi connectivity index (χ0n) is 12.8. The summed E-state index contributed by atoms with van der Waals surface area (Å²) >= 11 is 2.20. The number of nitrogens with one attached hydrogen (secondary N) is 2. The lowest BCUT2D eigenvalue weighted by molar-refractivity contribution is -0.136. The number of hydrazone groups is 1. The lowest BCUT2D eigenvalue weighted by Gasteiger charge is -2.08. The first-order valence-corrected chi connectivity index (χ1v) is 8.01. The number of hydrogen-bond acceptors (Lipinski definition) is 3. The number of anilines is 1. The van der Waals surface area contributed by atoms with Gasteiger partial charge in [-0.1, -0.05) is 29.8 Å². The fraction of sp³-hybridized carbons (Fsp3) is 0.118. The SMILES string of the molecule is Cc1ccc(NC(=O)C(=O)N/N=C/c2ccc(I)cc2)c(C)c1. The molecule has 0 heterocycles. The van der Waals surface area contributed by atoms with Gasteiger partial charge in [0.25, 0.3) is 0 Å². The zero-order chi connectivity index (χ0) is 16.8. The predicted molar refractivity (Wildman–Crippen MR) is 99.4 cm³/mol. The molecule has 0 atom stereocenters. The van der Waals surface area contributed by atoms with E-state index >= 15 is 0 Å². The second kappa shape index (κ2) is 7.87. The van der Waals surface area contributed by atoms with Crippen LogP contribution in [0.3, 0.4) is 0 Å². The maximum atomic E-state index is 11.8. The van der Waals surface area contributed by atoms with E-state index in [1.807, 2.05) is 50.2 Å². The standard InChI is InChI=1S/C17H16IN3O2/c1-11-3-8-15(12(2)9-11)20-16(22)17(23)21-19-10-13-4-6-14(18)7-5-13/h3-10H,1-2H3,(H,20,22)(H,21,23)/b19-10+. The molecule has 2 aromatic rings. The highest BCUT2D eigenvalue weighted by Crippen LogP contribution is 2.15. The van der Waals surface area contributed by atoms with Gasteiger partial charge in [0, 0.05) is 9.26 Å². The first-order valence-electron chi connectivity index (χ1n) is 6.93. The summed E-state index contributed by atoms with van der Waals surface area (Å²) in [6.45, 7) is 3.83. The molecule has 0 saturated heterocycles. The largest absolute Gasteiger partial charge is 0.329 e. The third-order valence-corrected chi connectivity index (χ3v) is 3.81. The third kappa shape index (κ3) is 5.17. The highest BCUT2D eigenvalue weighted by Gasteiger charge is 2.13. The lowest BCUT2D eigenvalue weighted by Crippen LogP contribution is -2.32. The third-order valence-electron chi connectivity index (χ3n) is 3.09. The molecular weight excluding hydrogens is 405 g/mol. The number of halogens is 1. The van der Waals surface area contributed by atoms with Gasteiger partial charge in [0.2, 0.25) is 0 Å². The number of nitrogens with zero attached hydrogens (tertiary/aromatic N) is 1. The minimum Gasteiger partial charge on any atom is -0.317 e. The Bertz CT molecular complexity index is 755. The van der Waals surface area contributed by atoms with Crippen LogP contribution in [0.4, 0.5) is 5.69 Å². The fourth-order valence-corrected chi connectivity index (χ4v) is 2.26. The number of hydrogen-bond donors (Lipinski definition) is 2. The first-order chi connectivity index (χ1) is 11.0. The summed E-state index contributed by atoms with van der Waals surface area (Å²) in [5.41, 5.74) is 5.64. The van der Waals surface area contributed by atoms with Crippen LogP contribution in [0.5, 0.6) is 0 Å². The van der Waals surface area contributed by atoms with Crippen molar-refractivity contribution in [1.82, 2.24) is 5.43 Å². The van der Waals surface area contributed by atoms with E-state index in [0.29, 0.717) is 5.69 Å². The minimum absolute atomic E-state index is 0.609. The van der Waals surface area contributed by atoms with Crippen LogP contribution in [0.25, 0.3) is 0 Å². The van der Waals surface area contributed by atoms with Crippen molar-refractivity contribution in [2.75, 3.05) is 5.32 Å². The van der Waals surface area contributed by atoms with Gasteiger partial charge in [-0.2, -0.15) is 5.10 Å². The molecule has 0 aliphatic rings. The second-order valence-electron chi connectivity index (χ2n) is 5.02. The number of carbonyl (C=O) groups excluding carboxylic acids is 2. The van der Waals surface area contributed by atoms with Crippen molar-refractivity contribution in [3.05, 3.63) is 62.7 Å². The molecule has 0 fully saturated rings. The summed E-state index contributed by atoms with van der Waals surface area (Å²) < 4.78 is 1.11. The van der Waals surface area contributed by atoms with Crippen LogP contribution in [0, 0.1) is 17.4 Å². The molecule has 0 aromatic heterocycles. The average molecular weight is 421 g/mol. The summed E-state index contributed by atoms with van der Waals surface area (Å²) in [6, 6.07) is 13.2. The van der Waals surface area contributed by atoms with Gasteiger partial charge >= 0.3 is 11.8 Å². The second-order valence-corrected chi connectivity index (χ2v) is 6.27. The predicted octanol–water partition coefficient (Wildman–Crippen LogP) is 3.00. The quantitative estimate of drug-likeness (QED) is 0.346. The van der Waals surface area contributed by atoms with Crippen LogP contribution >= 0.6 is 22.6 Å². The zero-order valence-corrected chi connectivity index (χ0v) is 14.9. The van der Waals surface area contributed by atoms with Crippen molar-refractivity contribution in [2.45, 2.75) is 13.8 Å². The Kier molecular flexibility index (Phi) is 5.86. The molecule has 2 N–H and O–H groups in total. The topological polar surface area (TPSA) is 70.6 Å². The summed E-state index contributed by atoms with van der Waals surface area (Å²) in [7, 11) is 0. The number of amides is 2. The van der Waals surface area contributed by atoms with Crippen molar-refractivity contribution < 1.29 is 9.59 Å². The molecule has 2 aromatic carbocycles. The highest BCUT2D eigenvalue weighted by molar-refractivity contribution is 14.1. The Labute approximate surface area is 148 Å². The molecule has 0 unspecified atom stereocenters. The van der Waals surface area contributed by atoms with Gasteiger partial charge in [-0.05, 0) is 65.8 Å². The Morgan fingerprint density at radius 1 is 1.04 bits per heavy atom. The Hall–Kier alpha value is -2.22. The Morgan fingerprint density at radius 3 is 2.39 bits per heavy atom. The summed E-state index contributed by atoms with van der Waals surface area (Å²) in [4.78, 5) is 23.6. The maximum Gasteiger partial charge on any atom is 0.329 e. The maximum absolute atomic E-state index is 11.8.